The van der Waals surface area contributed by atoms with Crippen LogP contribution in [-0.2, 0) is 20.5 Å². The Kier molecular flexibility index (Phi) is 7.15. The van der Waals surface area contributed by atoms with E-state index in [2.05, 4.69) is 15.4 Å². The number of anilines is 1. The van der Waals surface area contributed by atoms with Crippen molar-refractivity contribution in [2.24, 2.45) is 0 Å². The third-order valence-electron chi connectivity index (χ3n) is 2.88. The molecular formula is C14H16F3N3O5. The molecule has 1 aromatic carbocycles. The molecule has 25 heavy (non-hydrogen) atoms. The Labute approximate surface area is 140 Å². The van der Waals surface area contributed by atoms with Crippen molar-refractivity contribution >= 4 is 23.3 Å². The highest BCUT2D eigenvalue weighted by Crippen LogP contribution is 2.34. The number of esters is 1. The summed E-state index contributed by atoms with van der Waals surface area (Å²) < 4.78 is 42.4. The van der Waals surface area contributed by atoms with E-state index in [9.17, 15) is 32.9 Å². The van der Waals surface area contributed by atoms with E-state index in [1.54, 1.807) is 0 Å². The van der Waals surface area contributed by atoms with Crippen LogP contribution in [0.1, 0.15) is 18.9 Å². The van der Waals surface area contributed by atoms with Gasteiger partial charge in [0.15, 0.2) is 6.61 Å². The Morgan fingerprint density at radius 3 is 2.56 bits per heavy atom. The summed E-state index contributed by atoms with van der Waals surface area (Å²) in [6.45, 7) is 1.20. The number of alkyl halides is 3. The number of hydrogen-bond acceptors (Lipinski definition) is 6. The van der Waals surface area contributed by atoms with Gasteiger partial charge in [-0.3, -0.25) is 19.7 Å². The maximum absolute atomic E-state index is 12.6. The second-order valence-corrected chi connectivity index (χ2v) is 4.85. The van der Waals surface area contributed by atoms with Gasteiger partial charge in [0.1, 0.15) is 12.2 Å². The third-order valence-corrected chi connectivity index (χ3v) is 2.88. The Bertz CT molecular complexity index is 649. The third kappa shape index (κ3) is 6.65. The van der Waals surface area contributed by atoms with E-state index in [0.717, 1.165) is 6.07 Å². The Hall–Kier alpha value is -2.85. The fourth-order valence-corrected chi connectivity index (χ4v) is 1.69. The van der Waals surface area contributed by atoms with Crippen LogP contribution in [0.3, 0.4) is 0 Å². The first-order chi connectivity index (χ1) is 11.6. The van der Waals surface area contributed by atoms with Crippen LogP contribution < -0.4 is 10.6 Å². The first-order valence-electron chi connectivity index (χ1n) is 7.17. The van der Waals surface area contributed by atoms with Crippen molar-refractivity contribution < 1.29 is 32.4 Å². The lowest BCUT2D eigenvalue weighted by Crippen LogP contribution is -2.30. The molecule has 0 radical (unpaired) electrons. The molecule has 0 aliphatic carbocycles. The highest BCUT2D eigenvalue weighted by Gasteiger charge is 2.33. The van der Waals surface area contributed by atoms with Gasteiger partial charge in [0.2, 0.25) is 0 Å². The maximum atomic E-state index is 12.6. The topological polar surface area (TPSA) is 111 Å². The minimum Gasteiger partial charge on any atom is -0.454 e. The second-order valence-electron chi connectivity index (χ2n) is 4.85. The van der Waals surface area contributed by atoms with E-state index in [1.165, 1.54) is 0 Å². The van der Waals surface area contributed by atoms with Crippen molar-refractivity contribution in [2.45, 2.75) is 19.5 Å². The molecule has 1 amide bonds. The molecule has 0 bridgehead atoms. The van der Waals surface area contributed by atoms with Crippen LogP contribution in [0.15, 0.2) is 18.2 Å². The average molecular weight is 363 g/mol. The summed E-state index contributed by atoms with van der Waals surface area (Å²) in [6.07, 6.45) is -4.02. The summed E-state index contributed by atoms with van der Waals surface area (Å²) >= 11 is 0. The lowest BCUT2D eigenvalue weighted by molar-refractivity contribution is -0.384. The minimum absolute atomic E-state index is 0.273. The minimum atomic E-state index is -4.73. The zero-order chi connectivity index (χ0) is 19.0. The van der Waals surface area contributed by atoms with Gasteiger partial charge in [0.25, 0.3) is 11.6 Å². The summed E-state index contributed by atoms with van der Waals surface area (Å²) in [7, 11) is 0. The summed E-state index contributed by atoms with van der Waals surface area (Å²) in [6, 6.07) is 1.87. The molecule has 2 N–H and O–H groups in total. The van der Waals surface area contributed by atoms with Gasteiger partial charge in [-0.05, 0) is 18.6 Å². The number of amides is 1. The van der Waals surface area contributed by atoms with Crippen LogP contribution in [0.4, 0.5) is 24.5 Å². The number of carbonyl (C=O) groups excluding carboxylic acids is 2. The predicted molar refractivity (Wildman–Crippen MR) is 80.8 cm³/mol. The predicted octanol–water partition coefficient (Wildman–Crippen LogP) is 2.09. The van der Waals surface area contributed by atoms with Crippen LogP contribution in [-0.4, -0.2) is 36.5 Å². The zero-order valence-corrected chi connectivity index (χ0v) is 13.2. The van der Waals surface area contributed by atoms with Gasteiger partial charge in [0.05, 0.1) is 10.5 Å². The van der Waals surface area contributed by atoms with Crippen molar-refractivity contribution in [1.29, 1.82) is 0 Å². The highest BCUT2D eigenvalue weighted by molar-refractivity contribution is 5.82. The number of halogens is 3. The number of benzene rings is 1. The molecule has 0 aliphatic rings. The fourth-order valence-electron chi connectivity index (χ4n) is 1.69. The van der Waals surface area contributed by atoms with E-state index in [4.69, 9.17) is 0 Å². The second kappa shape index (κ2) is 8.85. The van der Waals surface area contributed by atoms with Gasteiger partial charge in [-0.25, -0.2) is 0 Å². The highest BCUT2D eigenvalue weighted by atomic mass is 19.4. The average Bonchev–Trinajstić information content (AvgIpc) is 2.54. The molecule has 0 heterocycles. The van der Waals surface area contributed by atoms with Gasteiger partial charge in [-0.1, -0.05) is 6.92 Å². The van der Waals surface area contributed by atoms with Gasteiger partial charge in [0, 0.05) is 12.6 Å². The molecule has 0 aromatic heterocycles. The number of nitrogens with zero attached hydrogens (tertiary/aromatic N) is 1. The van der Waals surface area contributed by atoms with Crippen molar-refractivity contribution in [2.75, 3.05) is 25.0 Å². The smallest absolute Gasteiger partial charge is 0.416 e. The summed E-state index contributed by atoms with van der Waals surface area (Å²) in [5.74, 6) is -1.39. The van der Waals surface area contributed by atoms with Crippen LogP contribution in [0.5, 0.6) is 0 Å². The Morgan fingerprint density at radius 1 is 1.32 bits per heavy atom. The normalized spacial score (nSPS) is 10.9. The van der Waals surface area contributed by atoms with Gasteiger partial charge in [-0.15, -0.1) is 0 Å². The van der Waals surface area contributed by atoms with Gasteiger partial charge < -0.3 is 15.4 Å². The number of nitro benzene ring substituents is 1. The summed E-state index contributed by atoms with van der Waals surface area (Å²) in [5.41, 5.74) is -2.28. The maximum Gasteiger partial charge on any atom is 0.416 e. The molecule has 0 aliphatic heterocycles. The molecule has 138 valence electrons. The summed E-state index contributed by atoms with van der Waals surface area (Å²) in [5, 5.41) is 15.7. The fraction of sp³-hybridized carbons (Fsp3) is 0.429. The first-order valence-corrected chi connectivity index (χ1v) is 7.17. The van der Waals surface area contributed by atoms with Crippen molar-refractivity contribution in [3.05, 3.63) is 33.9 Å². The number of carbonyl (C=O) groups is 2. The number of nitro groups is 1. The van der Waals surface area contributed by atoms with E-state index < -0.39 is 47.4 Å². The van der Waals surface area contributed by atoms with Crippen LogP contribution in [0.2, 0.25) is 0 Å². The number of nitrogens with one attached hydrogen (secondary N) is 2. The lowest BCUT2D eigenvalue weighted by atomic mass is 10.1. The number of ether oxygens (including phenoxy) is 1. The van der Waals surface area contributed by atoms with E-state index in [1.807, 2.05) is 6.92 Å². The zero-order valence-electron chi connectivity index (χ0n) is 13.2. The van der Waals surface area contributed by atoms with Crippen molar-refractivity contribution in [1.82, 2.24) is 5.32 Å². The Morgan fingerprint density at radius 2 is 2.00 bits per heavy atom. The van der Waals surface area contributed by atoms with Crippen LogP contribution in [0.25, 0.3) is 0 Å². The quantitative estimate of drug-likeness (QED) is 0.416. The van der Waals surface area contributed by atoms with E-state index in [0.29, 0.717) is 25.1 Å². The Balaban J connectivity index is 2.66. The molecule has 1 rings (SSSR count). The largest absolute Gasteiger partial charge is 0.454 e. The number of hydrogen-bond donors (Lipinski definition) is 2. The molecule has 0 saturated heterocycles. The first kappa shape index (κ1) is 20.2. The van der Waals surface area contributed by atoms with Crippen molar-refractivity contribution in [3.8, 4) is 0 Å². The number of rotatable bonds is 8. The molecular weight excluding hydrogens is 347 g/mol. The monoisotopic (exact) mass is 363 g/mol. The van der Waals surface area contributed by atoms with Gasteiger partial charge >= 0.3 is 12.1 Å². The molecule has 11 heteroatoms. The molecule has 0 atom stereocenters. The summed E-state index contributed by atoms with van der Waals surface area (Å²) in [4.78, 5) is 32.6. The molecule has 0 unspecified atom stereocenters. The molecule has 0 spiro atoms. The van der Waals surface area contributed by atoms with Crippen LogP contribution >= 0.6 is 0 Å². The van der Waals surface area contributed by atoms with Crippen molar-refractivity contribution in [3.63, 3.8) is 0 Å². The standard InChI is InChI=1S/C14H16F3N3O5/c1-2-5-18-12(21)8-25-13(22)7-19-10-4-3-9(14(15,16)17)6-11(10)20(23)24/h3-4,6,19H,2,5,7-8H2,1H3,(H,18,21). The van der Waals surface area contributed by atoms with Crippen LogP contribution in [0, 0.1) is 10.1 Å². The molecule has 0 saturated carbocycles. The van der Waals surface area contributed by atoms with Gasteiger partial charge in [-0.2, -0.15) is 13.2 Å². The molecule has 8 nitrogen and oxygen atoms in total. The molecule has 0 fully saturated rings. The van der Waals surface area contributed by atoms with E-state index >= 15 is 0 Å². The van der Waals surface area contributed by atoms with E-state index in [-0.39, 0.29) is 5.69 Å². The SMILES string of the molecule is CCCNC(=O)COC(=O)CNc1ccc(C(F)(F)F)cc1[N+](=O)[O-]. The molecule has 1 aromatic rings. The lowest BCUT2D eigenvalue weighted by Gasteiger charge is -2.10.